The molecule has 0 bridgehead atoms. The second kappa shape index (κ2) is 7.71. The van der Waals surface area contributed by atoms with E-state index >= 15 is 0 Å². The minimum atomic E-state index is -1.31. The van der Waals surface area contributed by atoms with E-state index in [1.54, 1.807) is 0 Å². The molecule has 10 heteroatoms. The summed E-state index contributed by atoms with van der Waals surface area (Å²) in [5.74, 6) is -3.44. The number of carbonyl (C=O) groups is 4. The SMILES string of the molecule is NC(=O)CC(N)C(=O)NC(CO)C(=O)N1CCCC1C(=O)O. The number of rotatable bonds is 7. The smallest absolute Gasteiger partial charge is 0.326 e. The van der Waals surface area contributed by atoms with Gasteiger partial charge in [0.25, 0.3) is 0 Å². The third kappa shape index (κ3) is 4.40. The highest BCUT2D eigenvalue weighted by atomic mass is 16.4. The quantitative estimate of drug-likeness (QED) is 0.327. The lowest BCUT2D eigenvalue weighted by Crippen LogP contribution is -2.56. The van der Waals surface area contributed by atoms with E-state index in [1.165, 1.54) is 0 Å². The summed E-state index contributed by atoms with van der Waals surface area (Å²) in [7, 11) is 0. The second-order valence-electron chi connectivity index (χ2n) is 5.05. The van der Waals surface area contributed by atoms with Crippen molar-refractivity contribution in [1.29, 1.82) is 0 Å². The maximum Gasteiger partial charge on any atom is 0.326 e. The lowest BCUT2D eigenvalue weighted by Gasteiger charge is -2.26. The number of nitrogens with one attached hydrogen (secondary N) is 1. The Labute approximate surface area is 126 Å². The van der Waals surface area contributed by atoms with Gasteiger partial charge in [0.1, 0.15) is 12.1 Å². The molecule has 3 atom stereocenters. The Morgan fingerprint density at radius 1 is 1.32 bits per heavy atom. The van der Waals surface area contributed by atoms with Crippen molar-refractivity contribution in [3.05, 3.63) is 0 Å². The molecular weight excluding hydrogens is 296 g/mol. The fourth-order valence-corrected chi connectivity index (χ4v) is 2.26. The molecular formula is C12H20N4O6. The zero-order valence-corrected chi connectivity index (χ0v) is 11.9. The van der Waals surface area contributed by atoms with Crippen molar-refractivity contribution < 1.29 is 29.4 Å². The number of nitrogens with zero attached hydrogens (tertiary/aromatic N) is 1. The molecule has 0 saturated carbocycles. The number of aliphatic hydroxyl groups excluding tert-OH is 1. The van der Waals surface area contributed by atoms with Crippen LogP contribution in [0.15, 0.2) is 0 Å². The molecule has 0 spiro atoms. The van der Waals surface area contributed by atoms with Gasteiger partial charge in [-0.1, -0.05) is 0 Å². The van der Waals surface area contributed by atoms with Crippen molar-refractivity contribution in [2.24, 2.45) is 11.5 Å². The summed E-state index contributed by atoms with van der Waals surface area (Å²) in [6.45, 7) is -0.480. The molecule has 1 rings (SSSR count). The Bertz CT molecular complexity index is 469. The highest BCUT2D eigenvalue weighted by Crippen LogP contribution is 2.18. The van der Waals surface area contributed by atoms with Crippen LogP contribution in [-0.2, 0) is 19.2 Å². The molecule has 0 aromatic rings. The topological polar surface area (TPSA) is 176 Å². The molecule has 10 nitrogen and oxygen atoms in total. The van der Waals surface area contributed by atoms with E-state index in [0.717, 1.165) is 4.90 Å². The van der Waals surface area contributed by atoms with Gasteiger partial charge < -0.3 is 31.9 Å². The van der Waals surface area contributed by atoms with Gasteiger partial charge in [-0.2, -0.15) is 0 Å². The van der Waals surface area contributed by atoms with E-state index in [1.807, 2.05) is 0 Å². The van der Waals surface area contributed by atoms with Gasteiger partial charge in [-0.15, -0.1) is 0 Å². The monoisotopic (exact) mass is 316 g/mol. The number of carboxylic acid groups (broad SMARTS) is 1. The van der Waals surface area contributed by atoms with Crippen LogP contribution in [0.3, 0.4) is 0 Å². The van der Waals surface area contributed by atoms with Gasteiger partial charge in [-0.25, -0.2) is 4.79 Å². The fourth-order valence-electron chi connectivity index (χ4n) is 2.26. The first kappa shape index (κ1) is 17.9. The number of aliphatic carboxylic acids is 1. The summed E-state index contributed by atoms with van der Waals surface area (Å²) in [6, 6.07) is -3.53. The standard InChI is InChI=1S/C12H20N4O6/c13-6(4-9(14)18)10(19)15-7(5-17)11(20)16-3-1-2-8(16)12(21)22/h6-8,17H,1-5,13H2,(H2,14,18)(H,15,19)(H,21,22). The predicted octanol–water partition coefficient (Wildman–Crippen LogP) is -3.26. The maximum absolute atomic E-state index is 12.2. The maximum atomic E-state index is 12.2. The third-order valence-electron chi connectivity index (χ3n) is 3.38. The minimum absolute atomic E-state index is 0.232. The molecule has 0 radical (unpaired) electrons. The van der Waals surface area contributed by atoms with E-state index in [4.69, 9.17) is 16.6 Å². The zero-order chi connectivity index (χ0) is 16.9. The first-order valence-electron chi connectivity index (χ1n) is 6.76. The minimum Gasteiger partial charge on any atom is -0.480 e. The number of aliphatic hydroxyl groups is 1. The van der Waals surface area contributed by atoms with Crippen molar-refractivity contribution in [1.82, 2.24) is 10.2 Å². The van der Waals surface area contributed by atoms with Crippen LogP contribution >= 0.6 is 0 Å². The van der Waals surface area contributed by atoms with E-state index in [0.29, 0.717) is 12.8 Å². The van der Waals surface area contributed by atoms with Crippen molar-refractivity contribution in [3.8, 4) is 0 Å². The van der Waals surface area contributed by atoms with Crippen LogP contribution in [0.25, 0.3) is 0 Å². The summed E-state index contributed by atoms with van der Waals surface area (Å²) < 4.78 is 0. The van der Waals surface area contributed by atoms with Crippen LogP contribution in [0.4, 0.5) is 0 Å². The average Bonchev–Trinajstić information content (AvgIpc) is 2.92. The Morgan fingerprint density at radius 3 is 2.45 bits per heavy atom. The van der Waals surface area contributed by atoms with Crippen LogP contribution < -0.4 is 16.8 Å². The summed E-state index contributed by atoms with van der Waals surface area (Å²) in [4.78, 5) is 46.8. The molecule has 1 fully saturated rings. The molecule has 7 N–H and O–H groups in total. The molecule has 0 aromatic heterocycles. The first-order chi connectivity index (χ1) is 10.3. The second-order valence-corrected chi connectivity index (χ2v) is 5.05. The largest absolute Gasteiger partial charge is 0.480 e. The van der Waals surface area contributed by atoms with Gasteiger partial charge in [0.2, 0.25) is 17.7 Å². The highest BCUT2D eigenvalue weighted by Gasteiger charge is 2.37. The number of likely N-dealkylation sites (tertiary alicyclic amines) is 1. The summed E-state index contributed by atoms with van der Waals surface area (Å²) in [5.41, 5.74) is 10.4. The third-order valence-corrected chi connectivity index (χ3v) is 3.38. The van der Waals surface area contributed by atoms with E-state index in [-0.39, 0.29) is 6.54 Å². The Kier molecular flexibility index (Phi) is 6.25. The molecule has 22 heavy (non-hydrogen) atoms. The average molecular weight is 316 g/mol. The van der Waals surface area contributed by atoms with Crippen molar-refractivity contribution >= 4 is 23.7 Å². The van der Waals surface area contributed by atoms with Gasteiger partial charge in [0.05, 0.1) is 19.1 Å². The molecule has 124 valence electrons. The van der Waals surface area contributed by atoms with Crippen LogP contribution in [0.1, 0.15) is 19.3 Å². The lowest BCUT2D eigenvalue weighted by atomic mass is 10.1. The number of primary amides is 1. The van der Waals surface area contributed by atoms with E-state index in [2.05, 4.69) is 5.32 Å². The van der Waals surface area contributed by atoms with Gasteiger partial charge in [0, 0.05) is 6.54 Å². The van der Waals surface area contributed by atoms with Crippen LogP contribution in [-0.4, -0.2) is 70.1 Å². The number of carbonyl (C=O) groups excluding carboxylic acids is 3. The number of hydrogen-bond donors (Lipinski definition) is 5. The Morgan fingerprint density at radius 2 is 1.95 bits per heavy atom. The summed E-state index contributed by atoms with van der Waals surface area (Å²) in [5, 5.41) is 20.5. The first-order valence-corrected chi connectivity index (χ1v) is 6.76. The number of amides is 3. The highest BCUT2D eigenvalue weighted by molar-refractivity contribution is 5.93. The molecule has 0 aliphatic carbocycles. The number of hydrogen-bond acceptors (Lipinski definition) is 6. The summed E-state index contributed by atoms with van der Waals surface area (Å²) in [6.07, 6.45) is 0.435. The van der Waals surface area contributed by atoms with Crippen molar-refractivity contribution in [2.75, 3.05) is 13.2 Å². The Hall–Kier alpha value is -2.20. The van der Waals surface area contributed by atoms with Crippen LogP contribution in [0, 0.1) is 0 Å². The van der Waals surface area contributed by atoms with Crippen LogP contribution in [0.5, 0.6) is 0 Å². The normalized spacial score (nSPS) is 20.3. The molecule has 1 saturated heterocycles. The van der Waals surface area contributed by atoms with Crippen molar-refractivity contribution in [2.45, 2.75) is 37.4 Å². The van der Waals surface area contributed by atoms with Crippen molar-refractivity contribution in [3.63, 3.8) is 0 Å². The van der Waals surface area contributed by atoms with Crippen LogP contribution in [0.2, 0.25) is 0 Å². The molecule has 0 aromatic carbocycles. The molecule has 3 unspecified atom stereocenters. The molecule has 1 heterocycles. The van der Waals surface area contributed by atoms with E-state index in [9.17, 15) is 24.3 Å². The summed E-state index contributed by atoms with van der Waals surface area (Å²) >= 11 is 0. The van der Waals surface area contributed by atoms with E-state index < -0.39 is 54.8 Å². The fraction of sp³-hybridized carbons (Fsp3) is 0.667. The lowest BCUT2D eigenvalue weighted by molar-refractivity contribution is -0.150. The number of nitrogens with two attached hydrogens (primary N) is 2. The number of carboxylic acids is 1. The Balaban J connectivity index is 2.70. The van der Waals surface area contributed by atoms with Gasteiger partial charge in [-0.3, -0.25) is 14.4 Å². The van der Waals surface area contributed by atoms with Gasteiger partial charge >= 0.3 is 5.97 Å². The predicted molar refractivity (Wildman–Crippen MR) is 73.2 cm³/mol. The van der Waals surface area contributed by atoms with Gasteiger partial charge in [-0.05, 0) is 12.8 Å². The molecule has 1 aliphatic heterocycles. The zero-order valence-electron chi connectivity index (χ0n) is 11.9. The van der Waals surface area contributed by atoms with Gasteiger partial charge in [0.15, 0.2) is 0 Å². The molecule has 1 aliphatic rings. The molecule has 3 amide bonds.